The fourth-order valence-corrected chi connectivity index (χ4v) is 2.73. The number of nitrogens with zero attached hydrogens (tertiary/aromatic N) is 1. The second-order valence-corrected chi connectivity index (χ2v) is 5.46. The summed E-state index contributed by atoms with van der Waals surface area (Å²) in [5, 5.41) is 27.1. The Morgan fingerprint density at radius 1 is 1.48 bits per heavy atom. The summed E-state index contributed by atoms with van der Waals surface area (Å²) in [5.74, 6) is -1.31. The summed E-state index contributed by atoms with van der Waals surface area (Å²) in [7, 11) is 0. The molecule has 7 heteroatoms. The summed E-state index contributed by atoms with van der Waals surface area (Å²) in [5.41, 5.74) is 1.01. The summed E-state index contributed by atoms with van der Waals surface area (Å²) < 4.78 is 0. The van der Waals surface area contributed by atoms with E-state index in [1.807, 2.05) is 23.8 Å². The van der Waals surface area contributed by atoms with Gasteiger partial charge in [-0.2, -0.15) is 11.3 Å². The summed E-state index contributed by atoms with van der Waals surface area (Å²) in [6, 6.07) is 6.16. The lowest BCUT2D eigenvalue weighted by Gasteiger charge is -2.14. The molecule has 0 fully saturated rings. The van der Waals surface area contributed by atoms with Gasteiger partial charge in [0.25, 0.3) is 5.69 Å². The van der Waals surface area contributed by atoms with Crippen LogP contribution in [0.1, 0.15) is 22.8 Å². The van der Waals surface area contributed by atoms with Crippen LogP contribution in [-0.2, 0) is 6.42 Å². The van der Waals surface area contributed by atoms with Gasteiger partial charge in [0.05, 0.1) is 4.92 Å². The van der Waals surface area contributed by atoms with Crippen LogP contribution in [0.4, 0.5) is 11.4 Å². The number of benzene rings is 1. The van der Waals surface area contributed by atoms with E-state index in [0.29, 0.717) is 5.69 Å². The molecule has 1 atom stereocenters. The third-order valence-corrected chi connectivity index (χ3v) is 3.69. The van der Waals surface area contributed by atoms with E-state index in [0.717, 1.165) is 6.42 Å². The van der Waals surface area contributed by atoms with Crippen molar-refractivity contribution in [3.8, 4) is 0 Å². The molecule has 0 aliphatic rings. The van der Waals surface area contributed by atoms with Crippen LogP contribution in [0.3, 0.4) is 0 Å². The standard InChI is InChI=1S/C14H14N2O4S/c1-9(6-10-4-5-21-8-10)15-11-2-3-12(14(17)18)13(7-11)16(19)20/h2-5,7-9,15H,6H2,1H3,(H,17,18). The summed E-state index contributed by atoms with van der Waals surface area (Å²) in [6.45, 7) is 1.97. The van der Waals surface area contributed by atoms with Crippen LogP contribution in [0.5, 0.6) is 0 Å². The van der Waals surface area contributed by atoms with Crippen molar-refractivity contribution >= 4 is 28.7 Å². The third kappa shape index (κ3) is 3.79. The van der Waals surface area contributed by atoms with Crippen LogP contribution in [0.25, 0.3) is 0 Å². The number of carboxylic acid groups (broad SMARTS) is 1. The molecule has 0 amide bonds. The van der Waals surface area contributed by atoms with Crippen LogP contribution in [-0.4, -0.2) is 22.0 Å². The van der Waals surface area contributed by atoms with Crippen molar-refractivity contribution in [1.29, 1.82) is 0 Å². The smallest absolute Gasteiger partial charge is 0.342 e. The minimum atomic E-state index is -1.31. The number of nitro groups is 1. The van der Waals surface area contributed by atoms with Gasteiger partial charge in [0.15, 0.2) is 0 Å². The molecule has 21 heavy (non-hydrogen) atoms. The lowest BCUT2D eigenvalue weighted by Crippen LogP contribution is -2.18. The molecule has 0 saturated carbocycles. The molecule has 0 aliphatic heterocycles. The highest BCUT2D eigenvalue weighted by atomic mass is 32.1. The average Bonchev–Trinajstić information content (AvgIpc) is 2.90. The number of thiophene rings is 1. The average molecular weight is 306 g/mol. The third-order valence-electron chi connectivity index (χ3n) is 2.96. The van der Waals surface area contributed by atoms with Gasteiger partial charge in [0, 0.05) is 17.8 Å². The summed E-state index contributed by atoms with van der Waals surface area (Å²) in [4.78, 5) is 21.2. The van der Waals surface area contributed by atoms with Crippen LogP contribution in [0, 0.1) is 10.1 Å². The van der Waals surface area contributed by atoms with Crippen molar-refractivity contribution in [2.24, 2.45) is 0 Å². The van der Waals surface area contributed by atoms with Gasteiger partial charge >= 0.3 is 5.97 Å². The largest absolute Gasteiger partial charge is 0.477 e. The predicted molar refractivity (Wildman–Crippen MR) is 81.2 cm³/mol. The van der Waals surface area contributed by atoms with Crippen LogP contribution < -0.4 is 5.32 Å². The van der Waals surface area contributed by atoms with Crippen molar-refractivity contribution in [2.45, 2.75) is 19.4 Å². The SMILES string of the molecule is CC(Cc1ccsc1)Nc1ccc(C(=O)O)c([N+](=O)[O-])c1. The number of aromatic carboxylic acids is 1. The molecule has 1 aromatic carbocycles. The van der Waals surface area contributed by atoms with Gasteiger partial charge in [-0.15, -0.1) is 0 Å². The highest BCUT2D eigenvalue weighted by Gasteiger charge is 2.20. The zero-order valence-electron chi connectivity index (χ0n) is 11.3. The van der Waals surface area contributed by atoms with Gasteiger partial charge in [-0.25, -0.2) is 4.79 Å². The minimum Gasteiger partial charge on any atom is -0.477 e. The second-order valence-electron chi connectivity index (χ2n) is 4.68. The molecule has 6 nitrogen and oxygen atoms in total. The van der Waals surface area contributed by atoms with E-state index in [2.05, 4.69) is 5.32 Å². The van der Waals surface area contributed by atoms with Gasteiger partial charge in [0.2, 0.25) is 0 Å². The first kappa shape index (κ1) is 15.0. The molecular weight excluding hydrogens is 292 g/mol. The molecule has 0 saturated heterocycles. The van der Waals surface area contributed by atoms with Crippen molar-refractivity contribution in [3.63, 3.8) is 0 Å². The van der Waals surface area contributed by atoms with Crippen LogP contribution >= 0.6 is 11.3 Å². The molecule has 0 radical (unpaired) electrons. The Bertz CT molecular complexity index is 655. The molecule has 0 aliphatic carbocycles. The normalized spacial score (nSPS) is 11.9. The molecule has 2 aromatic rings. The summed E-state index contributed by atoms with van der Waals surface area (Å²) >= 11 is 1.62. The highest BCUT2D eigenvalue weighted by molar-refractivity contribution is 7.07. The highest BCUT2D eigenvalue weighted by Crippen LogP contribution is 2.24. The molecule has 0 spiro atoms. The number of carboxylic acids is 1. The van der Waals surface area contributed by atoms with E-state index in [1.54, 1.807) is 17.4 Å². The lowest BCUT2D eigenvalue weighted by molar-refractivity contribution is -0.385. The molecule has 1 aromatic heterocycles. The summed E-state index contributed by atoms with van der Waals surface area (Å²) in [6.07, 6.45) is 0.790. The number of rotatable bonds is 6. The molecule has 110 valence electrons. The Kier molecular flexibility index (Phi) is 4.54. The number of hydrogen-bond acceptors (Lipinski definition) is 5. The quantitative estimate of drug-likeness (QED) is 0.630. The number of carbonyl (C=O) groups is 1. The predicted octanol–water partition coefficient (Wildman–Crippen LogP) is 3.40. The fourth-order valence-electron chi connectivity index (χ4n) is 2.05. The Hall–Kier alpha value is -2.41. The molecule has 1 heterocycles. The number of nitro benzene ring substituents is 1. The van der Waals surface area contributed by atoms with Gasteiger partial charge in [-0.3, -0.25) is 10.1 Å². The van der Waals surface area contributed by atoms with E-state index in [9.17, 15) is 14.9 Å². The minimum absolute atomic E-state index is 0.0786. The maximum atomic E-state index is 10.9. The lowest BCUT2D eigenvalue weighted by atomic mass is 10.1. The van der Waals surface area contributed by atoms with E-state index in [4.69, 9.17) is 5.11 Å². The molecular formula is C14H14N2O4S. The zero-order chi connectivity index (χ0) is 15.4. The maximum absolute atomic E-state index is 10.9. The first-order valence-corrected chi connectivity index (χ1v) is 7.21. The zero-order valence-corrected chi connectivity index (χ0v) is 12.1. The monoisotopic (exact) mass is 306 g/mol. The Labute approximate surface area is 125 Å². The van der Waals surface area contributed by atoms with E-state index in [1.165, 1.54) is 17.7 Å². The number of hydrogen-bond donors (Lipinski definition) is 2. The van der Waals surface area contributed by atoms with Gasteiger partial charge < -0.3 is 10.4 Å². The number of nitrogens with one attached hydrogen (secondary N) is 1. The van der Waals surface area contributed by atoms with Crippen LogP contribution in [0.15, 0.2) is 35.0 Å². The van der Waals surface area contributed by atoms with Gasteiger partial charge in [-0.05, 0) is 47.9 Å². The van der Waals surface area contributed by atoms with E-state index >= 15 is 0 Å². The fraction of sp³-hybridized carbons (Fsp3) is 0.214. The van der Waals surface area contributed by atoms with Gasteiger partial charge in [-0.1, -0.05) is 0 Å². The van der Waals surface area contributed by atoms with Crippen molar-refractivity contribution in [1.82, 2.24) is 0 Å². The molecule has 0 bridgehead atoms. The van der Waals surface area contributed by atoms with Crippen molar-refractivity contribution < 1.29 is 14.8 Å². The van der Waals surface area contributed by atoms with E-state index < -0.39 is 16.6 Å². The van der Waals surface area contributed by atoms with Crippen molar-refractivity contribution in [3.05, 3.63) is 56.3 Å². The van der Waals surface area contributed by atoms with E-state index in [-0.39, 0.29) is 11.6 Å². The van der Waals surface area contributed by atoms with Crippen molar-refractivity contribution in [2.75, 3.05) is 5.32 Å². The number of anilines is 1. The molecule has 1 unspecified atom stereocenters. The molecule has 2 N–H and O–H groups in total. The Morgan fingerprint density at radius 2 is 2.24 bits per heavy atom. The Morgan fingerprint density at radius 3 is 2.81 bits per heavy atom. The second kappa shape index (κ2) is 6.36. The first-order valence-electron chi connectivity index (χ1n) is 6.26. The molecule has 2 rings (SSSR count). The first-order chi connectivity index (χ1) is 9.97. The topological polar surface area (TPSA) is 92.5 Å². The van der Waals surface area contributed by atoms with Gasteiger partial charge in [0.1, 0.15) is 5.56 Å². The maximum Gasteiger partial charge on any atom is 0.342 e. The Balaban J connectivity index is 2.15. The van der Waals surface area contributed by atoms with Crippen LogP contribution in [0.2, 0.25) is 0 Å².